The molecule has 0 aliphatic rings. The van der Waals surface area contributed by atoms with Gasteiger partial charge in [0.1, 0.15) is 0 Å². The predicted octanol–water partition coefficient (Wildman–Crippen LogP) is -0.251. The van der Waals surface area contributed by atoms with E-state index in [0.717, 1.165) is 0 Å². The average Bonchev–Trinajstić information content (AvgIpc) is 1.97. The maximum Gasteiger partial charge on any atom is 0.180 e. The Morgan fingerprint density at radius 3 is 2.73 bits per heavy atom. The molecule has 4 N–H and O–H groups in total. The third kappa shape index (κ3) is 7.51. The van der Waals surface area contributed by atoms with Gasteiger partial charge in [0.15, 0.2) is 5.11 Å². The van der Waals surface area contributed by atoms with Crippen molar-refractivity contribution in [3.05, 3.63) is 0 Å². The lowest BCUT2D eigenvalue weighted by atomic mass is 10.5. The van der Waals surface area contributed by atoms with Gasteiger partial charge in [0, 0.05) is 6.54 Å². The highest BCUT2D eigenvalue weighted by Crippen LogP contribution is 1.84. The Labute approximate surface area is 72.4 Å². The van der Waals surface area contributed by atoms with Crippen LogP contribution in [-0.4, -0.2) is 24.4 Å². The van der Waals surface area contributed by atoms with Crippen molar-refractivity contribution in [2.24, 2.45) is 5.84 Å². The first-order valence-corrected chi connectivity index (χ1v) is 3.93. The average molecular weight is 177 g/mol. The molecule has 0 radical (unpaired) electrons. The van der Waals surface area contributed by atoms with Crippen LogP contribution in [0.4, 0.5) is 0 Å². The van der Waals surface area contributed by atoms with Gasteiger partial charge in [-0.3, -0.25) is 0 Å². The van der Waals surface area contributed by atoms with Crippen LogP contribution in [0, 0.1) is 0 Å². The smallest absolute Gasteiger partial charge is 0.180 e. The zero-order valence-electron chi connectivity index (χ0n) is 6.89. The molecule has 0 aliphatic carbocycles. The van der Waals surface area contributed by atoms with Crippen LogP contribution in [0.2, 0.25) is 0 Å². The van der Waals surface area contributed by atoms with Crippen molar-refractivity contribution < 1.29 is 4.74 Å². The number of hydrazine groups is 1. The van der Waals surface area contributed by atoms with Crippen LogP contribution in [0.5, 0.6) is 0 Å². The van der Waals surface area contributed by atoms with Crippen LogP contribution < -0.4 is 16.6 Å². The lowest BCUT2D eigenvalue weighted by Crippen LogP contribution is -2.41. The molecule has 0 saturated heterocycles. The van der Waals surface area contributed by atoms with E-state index in [1.165, 1.54) is 0 Å². The summed E-state index contributed by atoms with van der Waals surface area (Å²) in [6.07, 6.45) is 0.260. The number of ether oxygens (including phenoxy) is 1. The second-order valence-corrected chi connectivity index (χ2v) is 2.73. The van der Waals surface area contributed by atoms with E-state index in [0.29, 0.717) is 18.3 Å². The topological polar surface area (TPSA) is 59.3 Å². The van der Waals surface area contributed by atoms with Crippen molar-refractivity contribution in [1.82, 2.24) is 10.7 Å². The molecule has 0 aromatic heterocycles. The van der Waals surface area contributed by atoms with Crippen molar-refractivity contribution in [2.45, 2.75) is 20.0 Å². The first kappa shape index (κ1) is 10.6. The van der Waals surface area contributed by atoms with Crippen molar-refractivity contribution in [1.29, 1.82) is 0 Å². The molecule has 0 rings (SSSR count). The van der Waals surface area contributed by atoms with Gasteiger partial charge in [-0.15, -0.1) is 0 Å². The molecule has 0 fully saturated rings. The minimum Gasteiger partial charge on any atom is -0.377 e. The summed E-state index contributed by atoms with van der Waals surface area (Å²) in [5.74, 6) is 5.02. The Morgan fingerprint density at radius 1 is 1.64 bits per heavy atom. The molecule has 0 unspecified atom stereocenters. The Balaban J connectivity index is 3.08. The fourth-order valence-electron chi connectivity index (χ4n) is 0.510. The van der Waals surface area contributed by atoms with E-state index in [-0.39, 0.29) is 6.10 Å². The molecule has 0 aromatic rings. The molecule has 4 nitrogen and oxygen atoms in total. The van der Waals surface area contributed by atoms with Crippen molar-refractivity contribution >= 4 is 17.3 Å². The normalized spacial score (nSPS) is 9.82. The Hall–Kier alpha value is -0.390. The van der Waals surface area contributed by atoms with Crippen molar-refractivity contribution in [3.8, 4) is 0 Å². The standard InChI is InChI=1S/C6H15N3OS/c1-5(2)10-4-3-8-6(11)9-7/h5H,3-4,7H2,1-2H3,(H2,8,9,11). The molecular formula is C6H15N3OS. The third-order valence-electron chi connectivity index (χ3n) is 0.970. The van der Waals surface area contributed by atoms with E-state index in [1.54, 1.807) is 0 Å². The van der Waals surface area contributed by atoms with Gasteiger partial charge in [-0.25, -0.2) is 5.84 Å². The highest BCUT2D eigenvalue weighted by Gasteiger charge is 1.93. The van der Waals surface area contributed by atoms with E-state index in [9.17, 15) is 0 Å². The lowest BCUT2D eigenvalue weighted by Gasteiger charge is -2.09. The largest absolute Gasteiger partial charge is 0.377 e. The van der Waals surface area contributed by atoms with Gasteiger partial charge in [0.25, 0.3) is 0 Å². The van der Waals surface area contributed by atoms with Gasteiger partial charge >= 0.3 is 0 Å². The van der Waals surface area contributed by atoms with Gasteiger partial charge in [0.2, 0.25) is 0 Å². The first-order chi connectivity index (χ1) is 5.16. The highest BCUT2D eigenvalue weighted by atomic mass is 32.1. The summed E-state index contributed by atoms with van der Waals surface area (Å²) >= 11 is 4.73. The van der Waals surface area contributed by atoms with E-state index < -0.39 is 0 Å². The molecule has 0 heterocycles. The molecule has 0 aromatic carbocycles. The van der Waals surface area contributed by atoms with Gasteiger partial charge < -0.3 is 15.5 Å². The molecule has 0 aliphatic heterocycles. The summed E-state index contributed by atoms with van der Waals surface area (Å²) in [4.78, 5) is 0. The molecule has 5 heteroatoms. The molecule has 0 spiro atoms. The SMILES string of the molecule is CC(C)OCCNC(=S)NN. The second-order valence-electron chi connectivity index (χ2n) is 2.32. The lowest BCUT2D eigenvalue weighted by molar-refractivity contribution is 0.0830. The summed E-state index contributed by atoms with van der Waals surface area (Å²) in [6, 6.07) is 0. The Bertz CT molecular complexity index is 118. The van der Waals surface area contributed by atoms with Crippen LogP contribution in [0.25, 0.3) is 0 Å². The minimum absolute atomic E-state index is 0.260. The minimum atomic E-state index is 0.260. The van der Waals surface area contributed by atoms with E-state index in [2.05, 4.69) is 10.7 Å². The van der Waals surface area contributed by atoms with Gasteiger partial charge in [-0.05, 0) is 26.1 Å². The van der Waals surface area contributed by atoms with Crippen molar-refractivity contribution in [2.75, 3.05) is 13.2 Å². The zero-order chi connectivity index (χ0) is 8.69. The molecule has 0 bridgehead atoms. The molecule has 66 valence electrons. The zero-order valence-corrected chi connectivity index (χ0v) is 7.70. The quantitative estimate of drug-likeness (QED) is 0.239. The maximum atomic E-state index is 5.25. The fraction of sp³-hybridized carbons (Fsp3) is 0.833. The van der Waals surface area contributed by atoms with Crippen LogP contribution >= 0.6 is 12.2 Å². The van der Waals surface area contributed by atoms with Gasteiger partial charge in [0.05, 0.1) is 12.7 Å². The second kappa shape index (κ2) is 6.33. The molecule has 11 heavy (non-hydrogen) atoms. The van der Waals surface area contributed by atoms with Crippen LogP contribution in [0.15, 0.2) is 0 Å². The monoisotopic (exact) mass is 177 g/mol. The van der Waals surface area contributed by atoms with E-state index >= 15 is 0 Å². The summed E-state index contributed by atoms with van der Waals surface area (Å²) in [6.45, 7) is 5.29. The number of thiocarbonyl (C=S) groups is 1. The predicted molar refractivity (Wildman–Crippen MR) is 49.0 cm³/mol. The summed E-state index contributed by atoms with van der Waals surface area (Å²) in [5, 5.41) is 3.30. The molecule has 0 atom stereocenters. The van der Waals surface area contributed by atoms with Gasteiger partial charge in [-0.1, -0.05) is 0 Å². The number of nitrogens with one attached hydrogen (secondary N) is 2. The number of hydrogen-bond acceptors (Lipinski definition) is 3. The van der Waals surface area contributed by atoms with Crippen LogP contribution in [0.3, 0.4) is 0 Å². The summed E-state index contributed by atoms with van der Waals surface area (Å²) < 4.78 is 5.25. The molecule has 0 amide bonds. The highest BCUT2D eigenvalue weighted by molar-refractivity contribution is 7.80. The first-order valence-electron chi connectivity index (χ1n) is 3.53. The Kier molecular flexibility index (Phi) is 6.10. The number of hydrogen-bond donors (Lipinski definition) is 3. The van der Waals surface area contributed by atoms with Crippen LogP contribution in [0.1, 0.15) is 13.8 Å². The summed E-state index contributed by atoms with van der Waals surface area (Å²) in [5.41, 5.74) is 2.32. The number of nitrogens with two attached hydrogens (primary N) is 1. The van der Waals surface area contributed by atoms with Crippen molar-refractivity contribution in [3.63, 3.8) is 0 Å². The third-order valence-corrected chi connectivity index (χ3v) is 1.23. The van der Waals surface area contributed by atoms with E-state index in [4.69, 9.17) is 22.8 Å². The molecular weight excluding hydrogens is 162 g/mol. The summed E-state index contributed by atoms with van der Waals surface area (Å²) in [7, 11) is 0. The Morgan fingerprint density at radius 2 is 2.27 bits per heavy atom. The van der Waals surface area contributed by atoms with E-state index in [1.807, 2.05) is 13.8 Å². The fourth-order valence-corrected chi connectivity index (χ4v) is 0.612. The van der Waals surface area contributed by atoms with Crippen LogP contribution in [-0.2, 0) is 4.74 Å². The maximum absolute atomic E-state index is 5.25. The molecule has 0 saturated carbocycles. The number of rotatable bonds is 4. The van der Waals surface area contributed by atoms with Gasteiger partial charge in [-0.2, -0.15) is 0 Å².